The van der Waals surface area contributed by atoms with Gasteiger partial charge in [-0.1, -0.05) is 48.0 Å². The van der Waals surface area contributed by atoms with Gasteiger partial charge in [-0.2, -0.15) is 0 Å². The van der Waals surface area contributed by atoms with Crippen LogP contribution in [0.25, 0.3) is 0 Å². The predicted octanol–water partition coefficient (Wildman–Crippen LogP) is 4.03. The molecule has 5 heteroatoms. The van der Waals surface area contributed by atoms with E-state index in [1.54, 1.807) is 0 Å². The molecule has 1 fully saturated rings. The predicted molar refractivity (Wildman–Crippen MR) is 116 cm³/mol. The number of hydrogen-bond donors (Lipinski definition) is 1. The fourth-order valence-corrected chi connectivity index (χ4v) is 3.54. The summed E-state index contributed by atoms with van der Waals surface area (Å²) in [4.78, 5) is 14.0. The molecule has 0 aliphatic carbocycles. The number of nitrogens with zero attached hydrogens (tertiary/aromatic N) is 4. The highest BCUT2D eigenvalue weighted by atomic mass is 15.3. The molecule has 0 radical (unpaired) electrons. The minimum Gasteiger partial charge on any atom is -0.368 e. The Labute approximate surface area is 167 Å². The SMILES string of the molecule is Cc1ccc(CNc2cc(N3CCN(c4ccccc4)CC3)nc(C)n2)cc1. The van der Waals surface area contributed by atoms with Crippen LogP contribution in [0.1, 0.15) is 17.0 Å². The largest absolute Gasteiger partial charge is 0.368 e. The van der Waals surface area contributed by atoms with Gasteiger partial charge in [-0.15, -0.1) is 0 Å². The molecule has 0 unspecified atom stereocenters. The van der Waals surface area contributed by atoms with Crippen LogP contribution in [0.15, 0.2) is 60.7 Å². The summed E-state index contributed by atoms with van der Waals surface area (Å²) in [6.45, 7) is 8.75. The van der Waals surface area contributed by atoms with Crippen LogP contribution in [0.2, 0.25) is 0 Å². The van der Waals surface area contributed by atoms with Gasteiger partial charge in [0.1, 0.15) is 17.5 Å². The van der Waals surface area contributed by atoms with E-state index < -0.39 is 0 Å². The molecule has 1 aliphatic rings. The molecule has 4 rings (SSSR count). The van der Waals surface area contributed by atoms with E-state index in [2.05, 4.69) is 92.7 Å². The maximum atomic E-state index is 4.68. The normalized spacial score (nSPS) is 14.2. The van der Waals surface area contributed by atoms with Gasteiger partial charge in [0, 0.05) is 44.5 Å². The second-order valence-electron chi connectivity index (χ2n) is 7.31. The molecule has 0 amide bonds. The Morgan fingerprint density at radius 2 is 1.50 bits per heavy atom. The quantitative estimate of drug-likeness (QED) is 0.731. The van der Waals surface area contributed by atoms with Crippen LogP contribution in [0.5, 0.6) is 0 Å². The van der Waals surface area contributed by atoms with Crippen molar-refractivity contribution in [1.82, 2.24) is 9.97 Å². The highest BCUT2D eigenvalue weighted by Gasteiger charge is 2.19. The summed E-state index contributed by atoms with van der Waals surface area (Å²) in [6, 6.07) is 21.3. The summed E-state index contributed by atoms with van der Waals surface area (Å²) in [6.07, 6.45) is 0. The van der Waals surface area contributed by atoms with Gasteiger partial charge in [-0.05, 0) is 31.5 Å². The van der Waals surface area contributed by atoms with Crippen molar-refractivity contribution in [3.8, 4) is 0 Å². The zero-order valence-electron chi connectivity index (χ0n) is 16.6. The van der Waals surface area contributed by atoms with E-state index >= 15 is 0 Å². The summed E-state index contributed by atoms with van der Waals surface area (Å²) in [5, 5.41) is 3.45. The smallest absolute Gasteiger partial charge is 0.134 e. The molecule has 5 nitrogen and oxygen atoms in total. The molecule has 0 spiro atoms. The van der Waals surface area contributed by atoms with Gasteiger partial charge < -0.3 is 15.1 Å². The van der Waals surface area contributed by atoms with Crippen molar-refractivity contribution in [1.29, 1.82) is 0 Å². The average molecular weight is 374 g/mol. The second kappa shape index (κ2) is 8.30. The molecular formula is C23H27N5. The molecule has 1 saturated heterocycles. The molecule has 0 saturated carbocycles. The van der Waals surface area contributed by atoms with Crippen molar-refractivity contribution >= 4 is 17.3 Å². The first-order valence-corrected chi connectivity index (χ1v) is 9.87. The van der Waals surface area contributed by atoms with Crippen LogP contribution in [-0.4, -0.2) is 36.1 Å². The fraction of sp³-hybridized carbons (Fsp3) is 0.304. The van der Waals surface area contributed by atoms with Gasteiger partial charge in [-0.25, -0.2) is 9.97 Å². The van der Waals surface area contributed by atoms with Crippen molar-refractivity contribution in [3.63, 3.8) is 0 Å². The molecule has 1 aromatic heterocycles. The Morgan fingerprint density at radius 1 is 0.821 bits per heavy atom. The molecular weight excluding hydrogens is 346 g/mol. The molecule has 144 valence electrons. The van der Waals surface area contributed by atoms with E-state index in [1.165, 1.54) is 16.8 Å². The summed E-state index contributed by atoms with van der Waals surface area (Å²) in [7, 11) is 0. The van der Waals surface area contributed by atoms with E-state index in [9.17, 15) is 0 Å². The highest BCUT2D eigenvalue weighted by Crippen LogP contribution is 2.21. The Bertz CT molecular complexity index is 900. The Balaban J connectivity index is 1.40. The van der Waals surface area contributed by atoms with Crippen LogP contribution in [-0.2, 0) is 6.54 Å². The molecule has 2 heterocycles. The minimum atomic E-state index is 0.762. The highest BCUT2D eigenvalue weighted by molar-refractivity contribution is 5.52. The fourth-order valence-electron chi connectivity index (χ4n) is 3.54. The molecule has 0 atom stereocenters. The van der Waals surface area contributed by atoms with E-state index in [0.29, 0.717) is 0 Å². The number of hydrogen-bond acceptors (Lipinski definition) is 5. The van der Waals surface area contributed by atoms with Crippen molar-refractivity contribution < 1.29 is 0 Å². The number of aryl methyl sites for hydroxylation is 2. The van der Waals surface area contributed by atoms with Crippen LogP contribution >= 0.6 is 0 Å². The lowest BCUT2D eigenvalue weighted by Gasteiger charge is -2.36. The summed E-state index contributed by atoms with van der Waals surface area (Å²) >= 11 is 0. The van der Waals surface area contributed by atoms with E-state index in [0.717, 1.165) is 50.2 Å². The molecule has 0 bridgehead atoms. The summed E-state index contributed by atoms with van der Waals surface area (Å²) in [5.74, 6) is 2.69. The Hall–Kier alpha value is -3.08. The lowest BCUT2D eigenvalue weighted by molar-refractivity contribution is 0.646. The standard InChI is InChI=1S/C23H27N5/c1-18-8-10-20(11-9-18)17-24-22-16-23(26-19(2)25-22)28-14-12-27(13-15-28)21-6-4-3-5-7-21/h3-11,16H,12-15,17H2,1-2H3,(H,24,25,26). The lowest BCUT2D eigenvalue weighted by atomic mass is 10.1. The number of aromatic nitrogens is 2. The van der Waals surface area contributed by atoms with Crippen LogP contribution in [0, 0.1) is 13.8 Å². The number of piperazine rings is 1. The first kappa shape index (κ1) is 18.3. The van der Waals surface area contributed by atoms with Gasteiger partial charge in [0.25, 0.3) is 0 Å². The van der Waals surface area contributed by atoms with E-state index in [-0.39, 0.29) is 0 Å². The molecule has 1 aliphatic heterocycles. The van der Waals surface area contributed by atoms with Crippen LogP contribution < -0.4 is 15.1 Å². The minimum absolute atomic E-state index is 0.762. The van der Waals surface area contributed by atoms with Crippen molar-refractivity contribution in [2.45, 2.75) is 20.4 Å². The number of para-hydroxylation sites is 1. The van der Waals surface area contributed by atoms with Gasteiger partial charge in [-0.3, -0.25) is 0 Å². The van der Waals surface area contributed by atoms with Crippen LogP contribution in [0.4, 0.5) is 17.3 Å². The maximum Gasteiger partial charge on any atom is 0.134 e. The third-order valence-corrected chi connectivity index (χ3v) is 5.14. The van der Waals surface area contributed by atoms with E-state index in [4.69, 9.17) is 0 Å². The first-order chi connectivity index (χ1) is 13.7. The van der Waals surface area contributed by atoms with E-state index in [1.807, 2.05) is 6.92 Å². The monoisotopic (exact) mass is 373 g/mol. The topological polar surface area (TPSA) is 44.3 Å². The molecule has 3 aromatic rings. The zero-order valence-corrected chi connectivity index (χ0v) is 16.6. The first-order valence-electron chi connectivity index (χ1n) is 9.87. The third-order valence-electron chi connectivity index (χ3n) is 5.14. The lowest BCUT2D eigenvalue weighted by Crippen LogP contribution is -2.46. The molecule has 1 N–H and O–H groups in total. The van der Waals surface area contributed by atoms with Gasteiger partial charge in [0.05, 0.1) is 0 Å². The second-order valence-corrected chi connectivity index (χ2v) is 7.31. The van der Waals surface area contributed by atoms with Gasteiger partial charge in [0.2, 0.25) is 0 Å². The summed E-state index contributed by atoms with van der Waals surface area (Å²) < 4.78 is 0. The van der Waals surface area contributed by atoms with Crippen molar-refractivity contribution in [3.05, 3.63) is 77.6 Å². The van der Waals surface area contributed by atoms with Gasteiger partial charge >= 0.3 is 0 Å². The number of anilines is 3. The number of benzene rings is 2. The number of rotatable bonds is 5. The van der Waals surface area contributed by atoms with Crippen molar-refractivity contribution in [2.24, 2.45) is 0 Å². The van der Waals surface area contributed by atoms with Crippen molar-refractivity contribution in [2.75, 3.05) is 41.3 Å². The Kier molecular flexibility index (Phi) is 5.42. The summed E-state index contributed by atoms with van der Waals surface area (Å²) in [5.41, 5.74) is 3.82. The third kappa shape index (κ3) is 4.42. The molecule has 2 aromatic carbocycles. The van der Waals surface area contributed by atoms with Crippen LogP contribution in [0.3, 0.4) is 0 Å². The number of nitrogens with one attached hydrogen (secondary N) is 1. The average Bonchev–Trinajstić information content (AvgIpc) is 2.74. The zero-order chi connectivity index (χ0) is 19.3. The maximum absolute atomic E-state index is 4.68. The Morgan fingerprint density at radius 3 is 2.21 bits per heavy atom. The molecule has 28 heavy (non-hydrogen) atoms. The van der Waals surface area contributed by atoms with Gasteiger partial charge in [0.15, 0.2) is 0 Å².